The van der Waals surface area contributed by atoms with Crippen molar-refractivity contribution in [1.82, 2.24) is 19.7 Å². The van der Waals surface area contributed by atoms with Crippen LogP contribution in [0.4, 0.5) is 5.69 Å². The molecule has 0 N–H and O–H groups in total. The normalized spacial score (nSPS) is 25.6. The Balaban J connectivity index is 1.31. The first-order chi connectivity index (χ1) is 17.9. The molecule has 190 valence electrons. The monoisotopic (exact) mass is 493 g/mol. The lowest BCUT2D eigenvalue weighted by Crippen LogP contribution is -2.43. The molecule has 1 aromatic heterocycles. The van der Waals surface area contributed by atoms with E-state index in [1.165, 1.54) is 18.4 Å². The molecule has 0 radical (unpaired) electrons. The zero-order valence-electron chi connectivity index (χ0n) is 22.1. The lowest BCUT2D eigenvalue weighted by Gasteiger charge is -2.46. The van der Waals surface area contributed by atoms with Gasteiger partial charge in [-0.2, -0.15) is 0 Å². The first-order valence-corrected chi connectivity index (χ1v) is 13.5. The van der Waals surface area contributed by atoms with Gasteiger partial charge in [-0.25, -0.2) is 0 Å². The van der Waals surface area contributed by atoms with Crippen LogP contribution in [0.3, 0.4) is 0 Å². The Morgan fingerprint density at radius 1 is 1.16 bits per heavy atom. The molecule has 6 nitrogen and oxygen atoms in total. The largest absolute Gasteiger partial charge is 0.320 e. The fourth-order valence-corrected chi connectivity index (χ4v) is 6.95. The highest BCUT2D eigenvalue weighted by Crippen LogP contribution is 2.52. The van der Waals surface area contributed by atoms with Crippen LogP contribution in [-0.2, 0) is 25.6 Å². The summed E-state index contributed by atoms with van der Waals surface area (Å²) < 4.78 is 2.03. The number of benzene rings is 2. The molecule has 2 aliphatic heterocycles. The molecule has 1 saturated heterocycles. The van der Waals surface area contributed by atoms with Crippen LogP contribution in [0.15, 0.2) is 42.7 Å². The summed E-state index contributed by atoms with van der Waals surface area (Å²) in [6.45, 7) is 8.14. The quantitative estimate of drug-likeness (QED) is 0.474. The molecule has 1 saturated carbocycles. The molecule has 2 aromatic carbocycles. The highest BCUT2D eigenvalue weighted by atomic mass is 16.2. The SMILES string of the molecule is C#Cc1cc(CN2CCC[C@H](C)C2)cc2c1CN(c1cccc(C3(c4nncn4C)CC(C)C3)c1)C2=O. The van der Waals surface area contributed by atoms with Gasteiger partial charge in [0, 0.05) is 42.5 Å². The number of rotatable bonds is 5. The van der Waals surface area contributed by atoms with E-state index in [1.54, 1.807) is 6.33 Å². The molecule has 6 rings (SSSR count). The summed E-state index contributed by atoms with van der Waals surface area (Å²) in [6.07, 6.45) is 12.3. The molecule has 3 heterocycles. The van der Waals surface area contributed by atoms with Gasteiger partial charge in [0.15, 0.2) is 0 Å². The summed E-state index contributed by atoms with van der Waals surface area (Å²) in [7, 11) is 2.01. The number of terminal acetylenes is 1. The molecule has 3 aromatic rings. The predicted molar refractivity (Wildman–Crippen MR) is 145 cm³/mol. The van der Waals surface area contributed by atoms with Crippen LogP contribution in [0.2, 0.25) is 0 Å². The maximum atomic E-state index is 13.8. The van der Waals surface area contributed by atoms with E-state index >= 15 is 0 Å². The number of aryl methyl sites for hydroxylation is 1. The van der Waals surface area contributed by atoms with Crippen molar-refractivity contribution < 1.29 is 4.79 Å². The van der Waals surface area contributed by atoms with Gasteiger partial charge < -0.3 is 9.47 Å². The maximum Gasteiger partial charge on any atom is 0.258 e. The number of anilines is 1. The van der Waals surface area contributed by atoms with E-state index in [0.717, 1.165) is 66.2 Å². The van der Waals surface area contributed by atoms with E-state index in [0.29, 0.717) is 18.4 Å². The van der Waals surface area contributed by atoms with Gasteiger partial charge >= 0.3 is 0 Å². The lowest BCUT2D eigenvalue weighted by molar-refractivity contribution is 0.0996. The van der Waals surface area contributed by atoms with Crippen LogP contribution in [-0.4, -0.2) is 38.7 Å². The molecule has 3 aliphatic rings. The summed E-state index contributed by atoms with van der Waals surface area (Å²) in [5.41, 5.74) is 5.63. The van der Waals surface area contributed by atoms with Crippen LogP contribution in [0.5, 0.6) is 0 Å². The van der Waals surface area contributed by atoms with Crippen molar-refractivity contribution in [2.24, 2.45) is 18.9 Å². The Morgan fingerprint density at radius 3 is 2.70 bits per heavy atom. The third-order valence-electron chi connectivity index (χ3n) is 8.65. The number of hydrogen-bond donors (Lipinski definition) is 0. The third kappa shape index (κ3) is 4.06. The van der Waals surface area contributed by atoms with E-state index in [4.69, 9.17) is 6.42 Å². The van der Waals surface area contributed by atoms with Gasteiger partial charge in [-0.05, 0) is 79.5 Å². The van der Waals surface area contributed by atoms with Crippen molar-refractivity contribution in [2.75, 3.05) is 18.0 Å². The van der Waals surface area contributed by atoms with Gasteiger partial charge in [0.2, 0.25) is 0 Å². The predicted octanol–water partition coefficient (Wildman–Crippen LogP) is 4.90. The van der Waals surface area contributed by atoms with Gasteiger partial charge in [0.25, 0.3) is 5.91 Å². The van der Waals surface area contributed by atoms with Crippen molar-refractivity contribution in [3.05, 3.63) is 76.4 Å². The molecule has 0 spiro atoms. The minimum atomic E-state index is -0.168. The minimum absolute atomic E-state index is 0.0344. The second kappa shape index (κ2) is 9.15. The Kier molecular flexibility index (Phi) is 5.92. The van der Waals surface area contributed by atoms with Gasteiger partial charge in [0.1, 0.15) is 12.2 Å². The van der Waals surface area contributed by atoms with Gasteiger partial charge in [-0.1, -0.05) is 31.9 Å². The molecular formula is C31H35N5O. The Bertz CT molecular complexity index is 1390. The first-order valence-electron chi connectivity index (χ1n) is 13.5. The molecule has 2 fully saturated rings. The van der Waals surface area contributed by atoms with E-state index in [1.807, 2.05) is 22.6 Å². The highest BCUT2D eigenvalue weighted by Gasteiger charge is 2.48. The highest BCUT2D eigenvalue weighted by molar-refractivity contribution is 6.10. The second-order valence-corrected chi connectivity index (χ2v) is 11.6. The third-order valence-corrected chi connectivity index (χ3v) is 8.65. The molecule has 1 amide bonds. The standard InChI is InChI=1S/C31H35N5O/c1-5-24-12-23(18-35-11-7-8-21(2)17-35)13-27-28(24)19-36(29(27)37)26-10-6-9-25(14-26)31(15-22(3)16-31)30-33-32-20-34(30)4/h1,6,9-10,12-14,20-22H,7-8,11,15-19H2,2-4H3/t21-,22?,31?/m0/s1. The Hall–Kier alpha value is -3.43. The van der Waals surface area contributed by atoms with Gasteiger partial charge in [-0.3, -0.25) is 9.69 Å². The maximum absolute atomic E-state index is 13.8. The molecule has 0 unspecified atom stereocenters. The first kappa shape index (κ1) is 23.9. The molecule has 0 bridgehead atoms. The fraction of sp³-hybridized carbons (Fsp3) is 0.452. The van der Waals surface area contributed by atoms with E-state index in [2.05, 4.69) is 65.2 Å². The average molecular weight is 494 g/mol. The van der Waals surface area contributed by atoms with Gasteiger partial charge in [0.05, 0.1) is 12.0 Å². The Morgan fingerprint density at radius 2 is 2.00 bits per heavy atom. The van der Waals surface area contributed by atoms with Gasteiger partial charge in [-0.15, -0.1) is 16.6 Å². The summed E-state index contributed by atoms with van der Waals surface area (Å²) in [5.74, 6) is 5.23. The van der Waals surface area contributed by atoms with Crippen molar-refractivity contribution in [2.45, 2.75) is 58.0 Å². The number of nitrogens with zero attached hydrogens (tertiary/aromatic N) is 5. The van der Waals surface area contributed by atoms with Crippen molar-refractivity contribution in [1.29, 1.82) is 0 Å². The zero-order valence-corrected chi connectivity index (χ0v) is 22.1. The number of carbonyl (C=O) groups excluding carboxylic acids is 1. The van der Waals surface area contributed by atoms with Crippen LogP contribution < -0.4 is 4.90 Å². The lowest BCUT2D eigenvalue weighted by atomic mass is 9.58. The number of carbonyl (C=O) groups is 1. The fourth-order valence-electron chi connectivity index (χ4n) is 6.95. The number of amides is 1. The minimum Gasteiger partial charge on any atom is -0.320 e. The van der Waals surface area contributed by atoms with Crippen LogP contribution in [0.1, 0.15) is 78.0 Å². The van der Waals surface area contributed by atoms with E-state index in [9.17, 15) is 4.79 Å². The molecule has 6 heteroatoms. The van der Waals surface area contributed by atoms with Crippen LogP contribution >= 0.6 is 0 Å². The topological polar surface area (TPSA) is 54.3 Å². The summed E-state index contributed by atoms with van der Waals surface area (Å²) in [5, 5.41) is 8.65. The molecule has 37 heavy (non-hydrogen) atoms. The summed E-state index contributed by atoms with van der Waals surface area (Å²) >= 11 is 0. The molecular weight excluding hydrogens is 458 g/mol. The summed E-state index contributed by atoms with van der Waals surface area (Å²) in [6, 6.07) is 12.6. The average Bonchev–Trinajstić information content (AvgIpc) is 3.45. The number of aromatic nitrogens is 3. The van der Waals surface area contributed by atoms with E-state index in [-0.39, 0.29) is 11.3 Å². The number of piperidine rings is 1. The van der Waals surface area contributed by atoms with E-state index < -0.39 is 0 Å². The zero-order chi connectivity index (χ0) is 25.7. The molecule has 1 atom stereocenters. The summed E-state index contributed by atoms with van der Waals surface area (Å²) in [4.78, 5) is 18.1. The van der Waals surface area contributed by atoms with Crippen molar-refractivity contribution in [3.8, 4) is 12.3 Å². The van der Waals surface area contributed by atoms with Crippen molar-refractivity contribution in [3.63, 3.8) is 0 Å². The van der Waals surface area contributed by atoms with Crippen molar-refractivity contribution >= 4 is 11.6 Å². The second-order valence-electron chi connectivity index (χ2n) is 11.6. The number of fused-ring (bicyclic) bond motifs is 1. The molecule has 1 aliphatic carbocycles. The Labute approximate surface area is 219 Å². The number of likely N-dealkylation sites (tertiary alicyclic amines) is 1. The van der Waals surface area contributed by atoms with Crippen LogP contribution in [0.25, 0.3) is 0 Å². The van der Waals surface area contributed by atoms with Crippen LogP contribution in [0, 0.1) is 24.2 Å². The number of hydrogen-bond acceptors (Lipinski definition) is 4. The smallest absolute Gasteiger partial charge is 0.258 e.